The normalized spacial score (nSPS) is 14.7. The highest BCUT2D eigenvalue weighted by Gasteiger charge is 2.34. The number of aromatic nitrogens is 1. The molecule has 5 rings (SSSR count). The van der Waals surface area contributed by atoms with Gasteiger partial charge in [0.05, 0.1) is 17.0 Å². The summed E-state index contributed by atoms with van der Waals surface area (Å²) in [7, 11) is 0. The van der Waals surface area contributed by atoms with E-state index >= 15 is 0 Å². The van der Waals surface area contributed by atoms with Crippen LogP contribution < -0.4 is 5.32 Å². The summed E-state index contributed by atoms with van der Waals surface area (Å²) in [5.41, 5.74) is 4.13. The van der Waals surface area contributed by atoms with Crippen molar-refractivity contribution in [3.05, 3.63) is 98.7 Å². The predicted molar refractivity (Wildman–Crippen MR) is 155 cm³/mol. The zero-order chi connectivity index (χ0) is 26.5. The molecule has 6 nitrogen and oxygen atoms in total. The highest BCUT2D eigenvalue weighted by molar-refractivity contribution is 8.18. The van der Waals surface area contributed by atoms with E-state index in [1.165, 1.54) is 10.5 Å². The van der Waals surface area contributed by atoms with E-state index in [-0.39, 0.29) is 23.6 Å². The molecule has 1 N–H and O–H groups in total. The van der Waals surface area contributed by atoms with Crippen LogP contribution in [0.2, 0.25) is 0 Å². The Labute approximate surface area is 230 Å². The molecule has 0 bridgehead atoms. The van der Waals surface area contributed by atoms with Gasteiger partial charge in [0.1, 0.15) is 6.54 Å². The molecule has 4 aromatic rings. The summed E-state index contributed by atoms with van der Waals surface area (Å²) in [6, 6.07) is 20.1. The lowest BCUT2D eigenvalue weighted by molar-refractivity contribution is -0.123. The number of thiophene rings is 1. The van der Waals surface area contributed by atoms with Gasteiger partial charge in [-0.3, -0.25) is 19.3 Å². The third-order valence-corrected chi connectivity index (χ3v) is 8.38. The molecular weight excluding hydrogens is 514 g/mol. The minimum absolute atomic E-state index is 0.0773. The number of fused-ring (bicyclic) bond motifs is 1. The molecule has 194 valence electrons. The van der Waals surface area contributed by atoms with Crippen molar-refractivity contribution in [1.29, 1.82) is 0 Å². The Balaban J connectivity index is 1.34. The van der Waals surface area contributed by atoms with Crippen LogP contribution in [0.1, 0.15) is 34.9 Å². The molecule has 1 fully saturated rings. The molecule has 0 aliphatic carbocycles. The fourth-order valence-electron chi connectivity index (χ4n) is 4.72. The number of nitrogens with one attached hydrogen (secondary N) is 1. The first-order valence-corrected chi connectivity index (χ1v) is 14.4. The van der Waals surface area contributed by atoms with Gasteiger partial charge in [-0.05, 0) is 59.7 Å². The number of nitrogens with zero attached hydrogens (tertiary/aromatic N) is 2. The molecular formula is C30H29N3O3S2. The first-order chi connectivity index (χ1) is 18.5. The van der Waals surface area contributed by atoms with Crippen LogP contribution in [0.4, 0.5) is 4.79 Å². The number of rotatable bonds is 10. The Morgan fingerprint density at radius 3 is 2.63 bits per heavy atom. The second-order valence-electron chi connectivity index (χ2n) is 9.16. The van der Waals surface area contributed by atoms with Crippen LogP contribution in [0.25, 0.3) is 17.0 Å². The Morgan fingerprint density at radius 1 is 1.03 bits per heavy atom. The fourth-order valence-corrected chi connectivity index (χ4v) is 6.22. The van der Waals surface area contributed by atoms with E-state index in [1.807, 2.05) is 58.6 Å². The number of hydrogen-bond acceptors (Lipinski definition) is 5. The number of carbonyl (C=O) groups excluding carboxylic acids is 3. The van der Waals surface area contributed by atoms with Crippen LogP contribution in [-0.4, -0.2) is 33.1 Å². The van der Waals surface area contributed by atoms with Crippen molar-refractivity contribution in [2.45, 2.75) is 39.3 Å². The number of para-hydroxylation sites is 1. The van der Waals surface area contributed by atoms with Gasteiger partial charge in [0.25, 0.3) is 11.1 Å². The molecule has 1 saturated heterocycles. The minimum atomic E-state index is -0.255. The first kappa shape index (κ1) is 26.0. The lowest BCUT2D eigenvalue weighted by Gasteiger charge is -2.12. The van der Waals surface area contributed by atoms with Crippen LogP contribution in [0.3, 0.4) is 0 Å². The topological polar surface area (TPSA) is 71.4 Å². The van der Waals surface area contributed by atoms with E-state index in [1.54, 1.807) is 17.4 Å². The standard InChI is InChI=1S/C30H29N3O3S2/c1-2-22-12-6-14-25-23(19-32(28(22)25)20-27(34)31-18-24-13-8-16-37-24)17-26-29(35)33(30(36)38-26)15-7-11-21-9-4-3-5-10-21/h3-6,8-10,12-14,16-17,19H,2,7,11,15,18,20H2,1H3,(H,31,34)/b26-17-. The molecule has 3 amide bonds. The first-order valence-electron chi connectivity index (χ1n) is 12.7. The van der Waals surface area contributed by atoms with Crippen molar-refractivity contribution in [1.82, 2.24) is 14.8 Å². The highest BCUT2D eigenvalue weighted by Crippen LogP contribution is 2.35. The van der Waals surface area contributed by atoms with Gasteiger partial charge in [0.2, 0.25) is 5.91 Å². The van der Waals surface area contributed by atoms with E-state index in [0.29, 0.717) is 18.0 Å². The van der Waals surface area contributed by atoms with Crippen LogP contribution in [0.5, 0.6) is 0 Å². The second kappa shape index (κ2) is 11.8. The maximum Gasteiger partial charge on any atom is 0.293 e. The van der Waals surface area contributed by atoms with Gasteiger partial charge in [-0.1, -0.05) is 61.5 Å². The zero-order valence-electron chi connectivity index (χ0n) is 21.2. The summed E-state index contributed by atoms with van der Waals surface area (Å²) in [6.45, 7) is 3.15. The van der Waals surface area contributed by atoms with E-state index in [2.05, 4.69) is 30.4 Å². The van der Waals surface area contributed by atoms with Gasteiger partial charge in [-0.2, -0.15) is 0 Å². The third kappa shape index (κ3) is 5.76. The number of aryl methyl sites for hydroxylation is 2. The molecule has 0 saturated carbocycles. The summed E-state index contributed by atoms with van der Waals surface area (Å²) in [5, 5.41) is 5.71. The Hall–Kier alpha value is -3.62. The molecule has 38 heavy (non-hydrogen) atoms. The van der Waals surface area contributed by atoms with Gasteiger partial charge in [0, 0.05) is 28.6 Å². The summed E-state index contributed by atoms with van der Waals surface area (Å²) >= 11 is 2.59. The number of carbonyl (C=O) groups is 3. The van der Waals surface area contributed by atoms with E-state index < -0.39 is 0 Å². The second-order valence-corrected chi connectivity index (χ2v) is 11.2. The van der Waals surface area contributed by atoms with Crippen molar-refractivity contribution in [2.24, 2.45) is 0 Å². The van der Waals surface area contributed by atoms with Crippen molar-refractivity contribution >= 4 is 57.1 Å². The molecule has 2 aromatic carbocycles. The number of imide groups is 1. The van der Waals surface area contributed by atoms with Crippen molar-refractivity contribution in [3.8, 4) is 0 Å². The monoisotopic (exact) mass is 543 g/mol. The third-order valence-electron chi connectivity index (χ3n) is 6.60. The van der Waals surface area contributed by atoms with E-state index in [9.17, 15) is 14.4 Å². The highest BCUT2D eigenvalue weighted by atomic mass is 32.2. The number of hydrogen-bond donors (Lipinski definition) is 1. The van der Waals surface area contributed by atoms with E-state index in [4.69, 9.17) is 0 Å². The van der Waals surface area contributed by atoms with Crippen molar-refractivity contribution in [3.63, 3.8) is 0 Å². The van der Waals surface area contributed by atoms with Gasteiger partial charge in [-0.25, -0.2) is 0 Å². The minimum Gasteiger partial charge on any atom is -0.350 e. The van der Waals surface area contributed by atoms with Crippen LogP contribution in [-0.2, 0) is 35.5 Å². The summed E-state index contributed by atoms with van der Waals surface area (Å²) in [4.78, 5) is 41.5. The van der Waals surface area contributed by atoms with E-state index in [0.717, 1.165) is 57.9 Å². The molecule has 1 aliphatic heterocycles. The number of thioether (sulfide) groups is 1. The molecule has 2 aromatic heterocycles. The van der Waals surface area contributed by atoms with Gasteiger partial charge in [-0.15, -0.1) is 11.3 Å². The van der Waals surface area contributed by atoms with Crippen molar-refractivity contribution < 1.29 is 14.4 Å². The molecule has 1 aliphatic rings. The molecule has 3 heterocycles. The van der Waals surface area contributed by atoms with Crippen LogP contribution in [0, 0.1) is 0 Å². The lowest BCUT2D eigenvalue weighted by Crippen LogP contribution is -2.29. The summed E-state index contributed by atoms with van der Waals surface area (Å²) in [6.07, 6.45) is 6.05. The smallest absolute Gasteiger partial charge is 0.293 e. The molecule has 0 unspecified atom stereocenters. The average molecular weight is 544 g/mol. The van der Waals surface area contributed by atoms with Crippen LogP contribution >= 0.6 is 23.1 Å². The lowest BCUT2D eigenvalue weighted by atomic mass is 10.1. The Morgan fingerprint density at radius 2 is 1.87 bits per heavy atom. The summed E-state index contributed by atoms with van der Waals surface area (Å²) in [5.74, 6) is -0.333. The van der Waals surface area contributed by atoms with Gasteiger partial charge >= 0.3 is 0 Å². The van der Waals surface area contributed by atoms with Gasteiger partial charge < -0.3 is 9.88 Å². The van der Waals surface area contributed by atoms with Crippen LogP contribution in [0.15, 0.2) is 77.1 Å². The zero-order valence-corrected chi connectivity index (χ0v) is 22.8. The maximum absolute atomic E-state index is 13.2. The predicted octanol–water partition coefficient (Wildman–Crippen LogP) is 6.25. The Kier molecular flexibility index (Phi) is 8.10. The maximum atomic E-state index is 13.2. The number of benzene rings is 2. The Bertz CT molecular complexity index is 1490. The molecule has 8 heteroatoms. The largest absolute Gasteiger partial charge is 0.350 e. The SMILES string of the molecule is CCc1cccc2c(/C=C3\SC(=O)N(CCCc4ccccc4)C3=O)cn(CC(=O)NCc3cccs3)c12. The van der Waals surface area contributed by atoms with Crippen molar-refractivity contribution in [2.75, 3.05) is 6.54 Å². The quantitative estimate of drug-likeness (QED) is 0.240. The molecule has 0 spiro atoms. The molecule has 0 atom stereocenters. The average Bonchev–Trinajstić information content (AvgIpc) is 3.64. The summed E-state index contributed by atoms with van der Waals surface area (Å²) < 4.78 is 1.95. The number of amides is 3. The van der Waals surface area contributed by atoms with Gasteiger partial charge in [0.15, 0.2) is 0 Å². The molecule has 0 radical (unpaired) electrons. The fraction of sp³-hybridized carbons (Fsp3) is 0.233.